The summed E-state index contributed by atoms with van der Waals surface area (Å²) in [7, 11) is 6.60. The van der Waals surface area contributed by atoms with Crippen LogP contribution in [-0.4, -0.2) is 51.0 Å². The number of hydrogen-bond donors (Lipinski definition) is 2. The van der Waals surface area contributed by atoms with Crippen molar-refractivity contribution in [2.75, 3.05) is 40.3 Å². The molecule has 3 unspecified atom stereocenters. The third-order valence-corrected chi connectivity index (χ3v) is 7.31. The average molecular weight is 479 g/mol. The molecule has 2 aliphatic rings. The van der Waals surface area contributed by atoms with Crippen LogP contribution >= 0.6 is 0 Å². The van der Waals surface area contributed by atoms with Crippen molar-refractivity contribution in [2.24, 2.45) is 5.92 Å². The fourth-order valence-corrected chi connectivity index (χ4v) is 5.43. The predicted octanol–water partition coefficient (Wildman–Crippen LogP) is 4.52. The molecule has 0 bridgehead atoms. The Balaban J connectivity index is 1.42. The van der Waals surface area contributed by atoms with Gasteiger partial charge in [0.1, 0.15) is 0 Å². The number of nitrogens with zero attached hydrogens (tertiary/aromatic N) is 2. The number of rotatable bonds is 9. The van der Waals surface area contributed by atoms with Crippen molar-refractivity contribution < 1.29 is 18.9 Å². The fraction of sp³-hybridized carbons (Fsp3) is 0.481. The maximum atomic E-state index is 5.58. The molecular weight excluding hydrogens is 444 g/mol. The van der Waals surface area contributed by atoms with E-state index in [1.54, 1.807) is 28.4 Å². The minimum absolute atomic E-state index is 0.232. The van der Waals surface area contributed by atoms with Crippen molar-refractivity contribution in [1.29, 1.82) is 0 Å². The van der Waals surface area contributed by atoms with Crippen LogP contribution in [0.3, 0.4) is 0 Å². The highest BCUT2D eigenvalue weighted by atomic mass is 16.5. The van der Waals surface area contributed by atoms with Crippen molar-refractivity contribution in [1.82, 2.24) is 15.3 Å². The van der Waals surface area contributed by atoms with Gasteiger partial charge in [0.15, 0.2) is 23.0 Å². The van der Waals surface area contributed by atoms with E-state index in [-0.39, 0.29) is 6.04 Å². The molecule has 2 N–H and O–H groups in total. The molecule has 8 nitrogen and oxygen atoms in total. The van der Waals surface area contributed by atoms with Crippen molar-refractivity contribution in [2.45, 2.75) is 44.2 Å². The molecule has 3 atom stereocenters. The highest BCUT2D eigenvalue weighted by Gasteiger charge is 2.43. The molecule has 35 heavy (non-hydrogen) atoms. The summed E-state index contributed by atoms with van der Waals surface area (Å²) in [5, 5.41) is 8.22. The highest BCUT2D eigenvalue weighted by Crippen LogP contribution is 2.45. The first-order chi connectivity index (χ1) is 17.1. The molecule has 3 aromatic rings. The quantitative estimate of drug-likeness (QED) is 0.464. The molecule has 8 heteroatoms. The van der Waals surface area contributed by atoms with Crippen LogP contribution in [0, 0.1) is 5.92 Å². The normalized spacial score (nSPS) is 21.1. The molecule has 1 aliphatic carbocycles. The molecule has 1 saturated heterocycles. The Hall–Kier alpha value is -3.26. The van der Waals surface area contributed by atoms with Crippen LogP contribution in [0.15, 0.2) is 30.3 Å². The fourth-order valence-electron chi connectivity index (χ4n) is 5.43. The largest absolute Gasteiger partial charge is 0.493 e. The molecule has 1 saturated carbocycles. The molecule has 2 heterocycles. The Morgan fingerprint density at radius 2 is 1.57 bits per heavy atom. The van der Waals surface area contributed by atoms with E-state index in [2.05, 4.69) is 10.6 Å². The van der Waals surface area contributed by atoms with Crippen LogP contribution in [0.5, 0.6) is 23.0 Å². The molecule has 186 valence electrons. The second-order valence-electron chi connectivity index (χ2n) is 9.22. The van der Waals surface area contributed by atoms with Gasteiger partial charge in [-0.15, -0.1) is 0 Å². The topological polar surface area (TPSA) is 86.8 Å². The van der Waals surface area contributed by atoms with Gasteiger partial charge in [0.05, 0.1) is 45.7 Å². The molecule has 5 rings (SSSR count). The SMILES string of the molecule is COc1ccc(CCNc2nc(C3NC4CCCCC43)c3cc(OC)c(OC)cc3n2)cc1OC. The van der Waals surface area contributed by atoms with E-state index in [1.165, 1.54) is 25.7 Å². The Morgan fingerprint density at radius 3 is 2.31 bits per heavy atom. The number of benzene rings is 2. The van der Waals surface area contributed by atoms with Crippen LogP contribution in [0.25, 0.3) is 10.9 Å². The number of hydrogen-bond acceptors (Lipinski definition) is 8. The molecule has 0 spiro atoms. The monoisotopic (exact) mass is 478 g/mol. The van der Waals surface area contributed by atoms with Gasteiger partial charge in [-0.1, -0.05) is 18.9 Å². The highest BCUT2D eigenvalue weighted by molar-refractivity contribution is 5.86. The smallest absolute Gasteiger partial charge is 0.223 e. The standard InChI is InChI=1S/C27H34N4O4/c1-32-21-10-9-16(13-22(21)33-2)11-12-28-27-30-20-15-24(35-4)23(34-3)14-18(20)26(31-27)25-17-7-5-6-8-19(17)29-25/h9-10,13-15,17,19,25,29H,5-8,11-12H2,1-4H3,(H,28,30,31). The zero-order chi connectivity index (χ0) is 24.4. The van der Waals surface area contributed by atoms with Gasteiger partial charge in [0.2, 0.25) is 5.95 Å². The van der Waals surface area contributed by atoms with Gasteiger partial charge >= 0.3 is 0 Å². The van der Waals surface area contributed by atoms with E-state index in [9.17, 15) is 0 Å². The van der Waals surface area contributed by atoms with Crippen LogP contribution in [-0.2, 0) is 6.42 Å². The Kier molecular flexibility index (Phi) is 6.81. The summed E-state index contributed by atoms with van der Waals surface area (Å²) in [5.41, 5.74) is 3.03. The summed E-state index contributed by atoms with van der Waals surface area (Å²) in [5.74, 6) is 4.06. The van der Waals surface area contributed by atoms with Crippen LogP contribution in [0.1, 0.15) is 43.0 Å². The van der Waals surface area contributed by atoms with Crippen LogP contribution in [0.4, 0.5) is 5.95 Å². The minimum Gasteiger partial charge on any atom is -0.493 e. The summed E-state index contributed by atoms with van der Waals surface area (Å²) < 4.78 is 21.9. The molecule has 1 aromatic heterocycles. The second-order valence-corrected chi connectivity index (χ2v) is 9.22. The Labute approximate surface area is 206 Å². The molecule has 2 fully saturated rings. The Bertz CT molecular complexity index is 1200. The van der Waals surface area contributed by atoms with Gasteiger partial charge in [-0.25, -0.2) is 9.97 Å². The van der Waals surface area contributed by atoms with Gasteiger partial charge < -0.3 is 29.6 Å². The number of methoxy groups -OCH3 is 4. The van der Waals surface area contributed by atoms with E-state index >= 15 is 0 Å². The molecule has 0 amide bonds. The summed E-state index contributed by atoms with van der Waals surface area (Å²) in [6.45, 7) is 0.692. The van der Waals surface area contributed by atoms with E-state index in [4.69, 9.17) is 28.9 Å². The zero-order valence-electron chi connectivity index (χ0n) is 20.9. The van der Waals surface area contributed by atoms with Crippen molar-refractivity contribution in [3.63, 3.8) is 0 Å². The molecule has 2 aromatic carbocycles. The first-order valence-corrected chi connectivity index (χ1v) is 12.3. The second kappa shape index (κ2) is 10.2. The maximum absolute atomic E-state index is 5.58. The number of aromatic nitrogens is 2. The molecule has 1 aliphatic heterocycles. The van der Waals surface area contributed by atoms with Gasteiger partial charge in [0.25, 0.3) is 0 Å². The van der Waals surface area contributed by atoms with Crippen molar-refractivity contribution in [3.05, 3.63) is 41.6 Å². The lowest BCUT2D eigenvalue weighted by atomic mass is 9.71. The summed E-state index contributed by atoms with van der Waals surface area (Å²) in [4.78, 5) is 9.84. The lowest BCUT2D eigenvalue weighted by Crippen LogP contribution is -2.56. The summed E-state index contributed by atoms with van der Waals surface area (Å²) in [6.07, 6.45) is 5.88. The first kappa shape index (κ1) is 23.5. The molecule has 0 radical (unpaired) electrons. The average Bonchev–Trinajstić information content (AvgIpc) is 2.88. The summed E-state index contributed by atoms with van der Waals surface area (Å²) >= 11 is 0. The number of fused-ring (bicyclic) bond motifs is 2. The van der Waals surface area contributed by atoms with Crippen LogP contribution in [0.2, 0.25) is 0 Å². The Morgan fingerprint density at radius 1 is 0.857 bits per heavy atom. The molecular formula is C27H34N4O4. The van der Waals surface area contributed by atoms with Gasteiger partial charge in [0, 0.05) is 24.0 Å². The summed E-state index contributed by atoms with van der Waals surface area (Å²) in [6, 6.07) is 10.8. The lowest BCUT2D eigenvalue weighted by Gasteiger charge is -2.49. The van der Waals surface area contributed by atoms with Crippen LogP contribution < -0.4 is 29.6 Å². The number of ether oxygens (including phenoxy) is 4. The predicted molar refractivity (Wildman–Crippen MR) is 136 cm³/mol. The third kappa shape index (κ3) is 4.55. The lowest BCUT2D eigenvalue weighted by molar-refractivity contribution is 0.0918. The van der Waals surface area contributed by atoms with Gasteiger partial charge in [-0.3, -0.25) is 0 Å². The van der Waals surface area contributed by atoms with E-state index in [0.717, 1.165) is 40.1 Å². The number of anilines is 1. The van der Waals surface area contributed by atoms with E-state index in [1.807, 2.05) is 30.3 Å². The first-order valence-electron chi connectivity index (χ1n) is 12.3. The minimum atomic E-state index is 0.232. The zero-order valence-corrected chi connectivity index (χ0v) is 20.9. The van der Waals surface area contributed by atoms with Crippen molar-refractivity contribution >= 4 is 16.9 Å². The van der Waals surface area contributed by atoms with Gasteiger partial charge in [-0.05, 0) is 48.9 Å². The maximum Gasteiger partial charge on any atom is 0.223 e. The number of nitrogens with one attached hydrogen (secondary N) is 2. The van der Waals surface area contributed by atoms with Gasteiger partial charge in [-0.2, -0.15) is 0 Å². The van der Waals surface area contributed by atoms with Crippen molar-refractivity contribution in [3.8, 4) is 23.0 Å². The third-order valence-electron chi connectivity index (χ3n) is 7.31. The van der Waals surface area contributed by atoms with E-state index < -0.39 is 0 Å². The van der Waals surface area contributed by atoms with E-state index in [0.29, 0.717) is 36.0 Å².